The molecular formula is C14H24N2O. The molecule has 0 saturated carbocycles. The Hall–Kier alpha value is -1.22. The Balaban J connectivity index is 2.74. The zero-order chi connectivity index (χ0) is 12.7. The fraction of sp³-hybridized carbons (Fsp3) is 0.571. The van der Waals surface area contributed by atoms with Crippen LogP contribution in [0.25, 0.3) is 0 Å². The molecule has 3 nitrogen and oxygen atoms in total. The molecule has 1 rings (SSSR count). The van der Waals surface area contributed by atoms with Gasteiger partial charge < -0.3 is 15.0 Å². The van der Waals surface area contributed by atoms with E-state index in [0.717, 1.165) is 25.3 Å². The molecule has 17 heavy (non-hydrogen) atoms. The summed E-state index contributed by atoms with van der Waals surface area (Å²) in [7, 11) is 3.84. The van der Waals surface area contributed by atoms with E-state index in [9.17, 15) is 0 Å². The van der Waals surface area contributed by atoms with E-state index in [1.807, 2.05) is 12.1 Å². The number of anilines is 1. The van der Waals surface area contributed by atoms with Crippen LogP contribution in [0.4, 0.5) is 5.69 Å². The summed E-state index contributed by atoms with van der Waals surface area (Å²) in [5, 5.41) is 3.41. The van der Waals surface area contributed by atoms with Gasteiger partial charge in [0.05, 0.1) is 7.11 Å². The molecule has 3 heteroatoms. The first-order valence-corrected chi connectivity index (χ1v) is 6.30. The summed E-state index contributed by atoms with van der Waals surface area (Å²) in [5.74, 6) is 0.910. The number of methoxy groups -OCH3 is 1. The molecule has 1 unspecified atom stereocenters. The average molecular weight is 236 g/mol. The van der Waals surface area contributed by atoms with Crippen LogP contribution in [0.5, 0.6) is 5.75 Å². The van der Waals surface area contributed by atoms with E-state index in [2.05, 4.69) is 43.2 Å². The van der Waals surface area contributed by atoms with Gasteiger partial charge in [0.25, 0.3) is 0 Å². The molecule has 1 aromatic carbocycles. The van der Waals surface area contributed by atoms with E-state index < -0.39 is 0 Å². The summed E-state index contributed by atoms with van der Waals surface area (Å²) >= 11 is 0. The van der Waals surface area contributed by atoms with Crippen LogP contribution >= 0.6 is 0 Å². The third-order valence-electron chi connectivity index (χ3n) is 3.11. The van der Waals surface area contributed by atoms with Gasteiger partial charge in [0.15, 0.2) is 0 Å². The molecule has 0 aromatic heterocycles. The largest absolute Gasteiger partial charge is 0.497 e. The molecule has 1 aromatic rings. The standard InChI is InChI=1S/C14H24N2O/c1-5-12(11-15-6-2)16(3)13-8-7-9-14(10-13)17-4/h7-10,12,15H,5-6,11H2,1-4H3. The highest BCUT2D eigenvalue weighted by Gasteiger charge is 2.12. The van der Waals surface area contributed by atoms with Crippen molar-refractivity contribution in [3.05, 3.63) is 24.3 Å². The second-order valence-electron chi connectivity index (χ2n) is 4.18. The van der Waals surface area contributed by atoms with Crippen LogP contribution < -0.4 is 15.0 Å². The number of rotatable bonds is 7. The molecule has 0 fully saturated rings. The summed E-state index contributed by atoms with van der Waals surface area (Å²) in [5.41, 5.74) is 1.20. The van der Waals surface area contributed by atoms with E-state index in [1.54, 1.807) is 7.11 Å². The van der Waals surface area contributed by atoms with Gasteiger partial charge in [0, 0.05) is 31.4 Å². The van der Waals surface area contributed by atoms with Crippen molar-refractivity contribution in [3.8, 4) is 5.75 Å². The van der Waals surface area contributed by atoms with E-state index >= 15 is 0 Å². The monoisotopic (exact) mass is 236 g/mol. The smallest absolute Gasteiger partial charge is 0.120 e. The SMILES string of the molecule is CCNCC(CC)N(C)c1cccc(OC)c1. The molecule has 0 spiro atoms. The van der Waals surface area contributed by atoms with E-state index in [-0.39, 0.29) is 0 Å². The van der Waals surface area contributed by atoms with Crippen molar-refractivity contribution < 1.29 is 4.74 Å². The summed E-state index contributed by atoms with van der Waals surface area (Å²) in [6, 6.07) is 8.72. The van der Waals surface area contributed by atoms with Gasteiger partial charge in [0.1, 0.15) is 5.75 Å². The predicted molar refractivity (Wildman–Crippen MR) is 74.0 cm³/mol. The molecule has 0 aliphatic rings. The predicted octanol–water partition coefficient (Wildman–Crippen LogP) is 2.52. The molecule has 96 valence electrons. The van der Waals surface area contributed by atoms with Crippen LogP contribution in [0.3, 0.4) is 0 Å². The van der Waals surface area contributed by atoms with Gasteiger partial charge in [-0.1, -0.05) is 19.9 Å². The normalized spacial score (nSPS) is 12.2. The quantitative estimate of drug-likeness (QED) is 0.787. The number of benzene rings is 1. The maximum Gasteiger partial charge on any atom is 0.120 e. The fourth-order valence-electron chi connectivity index (χ4n) is 1.91. The Bertz CT molecular complexity index is 328. The molecule has 0 aliphatic carbocycles. The second-order valence-corrected chi connectivity index (χ2v) is 4.18. The molecule has 0 saturated heterocycles. The Labute approximate surface area is 105 Å². The molecule has 1 atom stereocenters. The van der Waals surface area contributed by atoms with Gasteiger partial charge in [-0.05, 0) is 25.1 Å². The van der Waals surface area contributed by atoms with Gasteiger partial charge in [-0.2, -0.15) is 0 Å². The minimum Gasteiger partial charge on any atom is -0.497 e. The fourth-order valence-corrected chi connectivity index (χ4v) is 1.91. The summed E-state index contributed by atoms with van der Waals surface area (Å²) in [6.07, 6.45) is 1.13. The third-order valence-corrected chi connectivity index (χ3v) is 3.11. The number of hydrogen-bond donors (Lipinski definition) is 1. The Morgan fingerprint density at radius 3 is 2.71 bits per heavy atom. The molecule has 1 N–H and O–H groups in total. The minimum atomic E-state index is 0.516. The van der Waals surface area contributed by atoms with E-state index in [4.69, 9.17) is 4.74 Å². The number of ether oxygens (including phenoxy) is 1. The van der Waals surface area contributed by atoms with Gasteiger partial charge in [0.2, 0.25) is 0 Å². The first-order chi connectivity index (χ1) is 8.22. The third kappa shape index (κ3) is 3.93. The lowest BCUT2D eigenvalue weighted by Crippen LogP contribution is -2.39. The van der Waals surface area contributed by atoms with Crippen molar-refractivity contribution in [3.63, 3.8) is 0 Å². The van der Waals surface area contributed by atoms with Crippen molar-refractivity contribution in [2.75, 3.05) is 32.1 Å². The van der Waals surface area contributed by atoms with Crippen LogP contribution in [0.2, 0.25) is 0 Å². The number of nitrogens with zero attached hydrogens (tertiary/aromatic N) is 1. The zero-order valence-electron chi connectivity index (χ0n) is 11.4. The lowest BCUT2D eigenvalue weighted by Gasteiger charge is -2.29. The first kappa shape index (κ1) is 13.8. The molecular weight excluding hydrogens is 212 g/mol. The molecule has 0 radical (unpaired) electrons. The van der Waals surface area contributed by atoms with Crippen LogP contribution in [-0.2, 0) is 0 Å². The highest BCUT2D eigenvalue weighted by atomic mass is 16.5. The van der Waals surface area contributed by atoms with Crippen LogP contribution in [0.15, 0.2) is 24.3 Å². The molecule has 0 bridgehead atoms. The Morgan fingerprint density at radius 1 is 1.35 bits per heavy atom. The van der Waals surface area contributed by atoms with Crippen molar-refractivity contribution in [1.29, 1.82) is 0 Å². The highest BCUT2D eigenvalue weighted by Crippen LogP contribution is 2.22. The van der Waals surface area contributed by atoms with Crippen molar-refractivity contribution in [1.82, 2.24) is 5.32 Å². The summed E-state index contributed by atoms with van der Waals surface area (Å²) < 4.78 is 5.26. The number of likely N-dealkylation sites (N-methyl/N-ethyl adjacent to an activating group) is 2. The van der Waals surface area contributed by atoms with E-state index in [0.29, 0.717) is 6.04 Å². The van der Waals surface area contributed by atoms with Crippen LogP contribution in [0.1, 0.15) is 20.3 Å². The molecule has 0 aliphatic heterocycles. The van der Waals surface area contributed by atoms with E-state index in [1.165, 1.54) is 5.69 Å². The Kier molecular flexibility index (Phi) is 5.84. The molecule has 0 amide bonds. The highest BCUT2D eigenvalue weighted by molar-refractivity contribution is 5.50. The number of hydrogen-bond acceptors (Lipinski definition) is 3. The van der Waals surface area contributed by atoms with Crippen molar-refractivity contribution in [2.45, 2.75) is 26.3 Å². The van der Waals surface area contributed by atoms with Crippen molar-refractivity contribution >= 4 is 5.69 Å². The second kappa shape index (κ2) is 7.17. The minimum absolute atomic E-state index is 0.516. The van der Waals surface area contributed by atoms with Gasteiger partial charge in [-0.25, -0.2) is 0 Å². The first-order valence-electron chi connectivity index (χ1n) is 6.30. The van der Waals surface area contributed by atoms with Crippen molar-refractivity contribution in [2.24, 2.45) is 0 Å². The summed E-state index contributed by atoms with van der Waals surface area (Å²) in [6.45, 7) is 6.39. The molecule has 0 heterocycles. The zero-order valence-corrected chi connectivity index (χ0v) is 11.4. The lowest BCUT2D eigenvalue weighted by molar-refractivity contribution is 0.414. The maximum atomic E-state index is 5.26. The van der Waals surface area contributed by atoms with Gasteiger partial charge in [-0.3, -0.25) is 0 Å². The summed E-state index contributed by atoms with van der Waals surface area (Å²) in [4.78, 5) is 2.31. The topological polar surface area (TPSA) is 24.5 Å². The average Bonchev–Trinajstić information content (AvgIpc) is 2.39. The van der Waals surface area contributed by atoms with Gasteiger partial charge in [-0.15, -0.1) is 0 Å². The number of nitrogens with one attached hydrogen (secondary N) is 1. The maximum absolute atomic E-state index is 5.26. The van der Waals surface area contributed by atoms with Gasteiger partial charge >= 0.3 is 0 Å². The van der Waals surface area contributed by atoms with Crippen LogP contribution in [-0.4, -0.2) is 33.3 Å². The van der Waals surface area contributed by atoms with Crippen LogP contribution in [0, 0.1) is 0 Å². The lowest BCUT2D eigenvalue weighted by atomic mass is 10.1. The Morgan fingerprint density at radius 2 is 2.12 bits per heavy atom.